The molecule has 0 aromatic heterocycles. The van der Waals surface area contributed by atoms with Crippen LogP contribution in [0.15, 0.2) is 0 Å². The van der Waals surface area contributed by atoms with Gasteiger partial charge in [-0.05, 0) is 56.4 Å². The molecule has 1 aliphatic carbocycles. The first-order valence-corrected chi connectivity index (χ1v) is 7.42. The molecule has 1 nitrogen and oxygen atoms in total. The van der Waals surface area contributed by atoms with Crippen molar-refractivity contribution in [3.63, 3.8) is 0 Å². The molecule has 16 heavy (non-hydrogen) atoms. The van der Waals surface area contributed by atoms with Crippen LogP contribution in [-0.2, 0) is 0 Å². The van der Waals surface area contributed by atoms with Gasteiger partial charge in [-0.3, -0.25) is 0 Å². The maximum Gasteiger partial charge on any atom is 0.00955 e. The Morgan fingerprint density at radius 3 is 2.44 bits per heavy atom. The smallest absolute Gasteiger partial charge is 0.00955 e. The molecule has 0 amide bonds. The average Bonchev–Trinajstić information content (AvgIpc) is 2.27. The lowest BCUT2D eigenvalue weighted by atomic mass is 9.72. The van der Waals surface area contributed by atoms with Gasteiger partial charge in [0.25, 0.3) is 0 Å². The third kappa shape index (κ3) is 4.08. The van der Waals surface area contributed by atoms with E-state index in [-0.39, 0.29) is 0 Å². The maximum absolute atomic E-state index is 3.77. The lowest BCUT2D eigenvalue weighted by Crippen LogP contribution is -2.41. The van der Waals surface area contributed by atoms with Crippen molar-refractivity contribution in [3.8, 4) is 0 Å². The Morgan fingerprint density at radius 1 is 1.12 bits per heavy atom. The van der Waals surface area contributed by atoms with Crippen molar-refractivity contribution in [3.05, 3.63) is 0 Å². The van der Waals surface area contributed by atoms with E-state index >= 15 is 0 Å². The molecule has 96 valence electrons. The average molecular weight is 225 g/mol. The molecule has 0 spiro atoms. The van der Waals surface area contributed by atoms with Gasteiger partial charge < -0.3 is 5.32 Å². The van der Waals surface area contributed by atoms with Gasteiger partial charge in [-0.1, -0.05) is 34.1 Å². The van der Waals surface area contributed by atoms with Crippen molar-refractivity contribution in [2.24, 2.45) is 17.8 Å². The van der Waals surface area contributed by atoms with Gasteiger partial charge in [0, 0.05) is 6.04 Å². The van der Waals surface area contributed by atoms with E-state index in [1.165, 1.54) is 45.1 Å². The van der Waals surface area contributed by atoms with Crippen molar-refractivity contribution in [1.29, 1.82) is 0 Å². The first kappa shape index (κ1) is 14.0. The van der Waals surface area contributed by atoms with Crippen molar-refractivity contribution in [1.82, 2.24) is 5.32 Å². The largest absolute Gasteiger partial charge is 0.314 e. The quantitative estimate of drug-likeness (QED) is 0.713. The van der Waals surface area contributed by atoms with E-state index in [4.69, 9.17) is 0 Å². The van der Waals surface area contributed by atoms with E-state index in [1.54, 1.807) is 0 Å². The van der Waals surface area contributed by atoms with Crippen LogP contribution in [0.2, 0.25) is 0 Å². The van der Waals surface area contributed by atoms with Crippen LogP contribution in [0.1, 0.15) is 66.2 Å². The minimum atomic E-state index is 0.815. The SMILES string of the molecule is CCCNC1CCC(C(C)C)CC1CCC. The molecule has 3 unspecified atom stereocenters. The Morgan fingerprint density at radius 2 is 1.88 bits per heavy atom. The van der Waals surface area contributed by atoms with E-state index in [1.807, 2.05) is 0 Å². The van der Waals surface area contributed by atoms with Crippen LogP contribution in [0.3, 0.4) is 0 Å². The zero-order valence-electron chi connectivity index (χ0n) is 11.8. The predicted molar refractivity (Wildman–Crippen MR) is 72.7 cm³/mol. The van der Waals surface area contributed by atoms with Gasteiger partial charge in [-0.25, -0.2) is 0 Å². The summed E-state index contributed by atoms with van der Waals surface area (Å²) in [5.41, 5.74) is 0. The Kier molecular flexibility index (Phi) is 6.41. The fourth-order valence-electron chi connectivity index (χ4n) is 3.19. The van der Waals surface area contributed by atoms with Crippen LogP contribution in [-0.4, -0.2) is 12.6 Å². The van der Waals surface area contributed by atoms with Gasteiger partial charge in [-0.15, -0.1) is 0 Å². The molecule has 1 rings (SSSR count). The fourth-order valence-corrected chi connectivity index (χ4v) is 3.19. The molecular formula is C15H31N. The van der Waals surface area contributed by atoms with Gasteiger partial charge in [-0.2, -0.15) is 0 Å². The van der Waals surface area contributed by atoms with Crippen molar-refractivity contribution in [2.45, 2.75) is 72.3 Å². The second-order valence-corrected chi connectivity index (χ2v) is 5.93. The van der Waals surface area contributed by atoms with Gasteiger partial charge in [0.05, 0.1) is 0 Å². The lowest BCUT2D eigenvalue weighted by molar-refractivity contribution is 0.160. The lowest BCUT2D eigenvalue weighted by Gasteiger charge is -2.38. The molecule has 0 radical (unpaired) electrons. The van der Waals surface area contributed by atoms with Gasteiger partial charge in [0.1, 0.15) is 0 Å². The zero-order valence-corrected chi connectivity index (χ0v) is 11.8. The number of hydrogen-bond acceptors (Lipinski definition) is 1. The molecule has 0 bridgehead atoms. The minimum absolute atomic E-state index is 0.815. The Hall–Kier alpha value is -0.0400. The summed E-state index contributed by atoms with van der Waals surface area (Å²) in [6.45, 7) is 10.6. The molecule has 0 heterocycles. The molecule has 0 saturated heterocycles. The third-order valence-corrected chi connectivity index (χ3v) is 4.28. The monoisotopic (exact) mass is 225 g/mol. The number of rotatable bonds is 6. The van der Waals surface area contributed by atoms with Gasteiger partial charge in [0.2, 0.25) is 0 Å². The van der Waals surface area contributed by atoms with Crippen molar-refractivity contribution >= 4 is 0 Å². The third-order valence-electron chi connectivity index (χ3n) is 4.28. The molecule has 1 heteroatoms. The molecule has 1 saturated carbocycles. The maximum atomic E-state index is 3.77. The van der Waals surface area contributed by atoms with E-state index in [0.29, 0.717) is 0 Å². The standard InChI is InChI=1S/C15H31N/c1-5-7-14-11-13(12(3)4)8-9-15(14)16-10-6-2/h12-16H,5-11H2,1-4H3. The molecular weight excluding hydrogens is 194 g/mol. The normalized spacial score (nSPS) is 30.9. The van der Waals surface area contributed by atoms with Gasteiger partial charge in [0.15, 0.2) is 0 Å². The van der Waals surface area contributed by atoms with Gasteiger partial charge >= 0.3 is 0 Å². The summed E-state index contributed by atoms with van der Waals surface area (Å²) in [5.74, 6) is 2.81. The predicted octanol–water partition coefficient (Wildman–Crippen LogP) is 4.23. The van der Waals surface area contributed by atoms with Crippen molar-refractivity contribution in [2.75, 3.05) is 6.54 Å². The minimum Gasteiger partial charge on any atom is -0.314 e. The molecule has 0 aliphatic heterocycles. The fraction of sp³-hybridized carbons (Fsp3) is 1.00. The molecule has 0 aromatic carbocycles. The van der Waals surface area contributed by atoms with E-state index in [0.717, 1.165) is 23.8 Å². The summed E-state index contributed by atoms with van der Waals surface area (Å²) >= 11 is 0. The number of hydrogen-bond donors (Lipinski definition) is 1. The summed E-state index contributed by atoms with van der Waals surface area (Å²) in [5, 5.41) is 3.77. The Labute approximate surface area is 102 Å². The van der Waals surface area contributed by atoms with Crippen LogP contribution in [0.4, 0.5) is 0 Å². The zero-order chi connectivity index (χ0) is 12.0. The molecule has 3 atom stereocenters. The Balaban J connectivity index is 2.45. The second kappa shape index (κ2) is 7.32. The van der Waals surface area contributed by atoms with Crippen LogP contribution in [0, 0.1) is 17.8 Å². The summed E-state index contributed by atoms with van der Waals surface area (Å²) in [7, 11) is 0. The number of nitrogens with one attached hydrogen (secondary N) is 1. The highest BCUT2D eigenvalue weighted by Crippen LogP contribution is 2.36. The summed E-state index contributed by atoms with van der Waals surface area (Å²) in [6, 6.07) is 0.815. The first-order chi connectivity index (χ1) is 7.69. The molecule has 0 aromatic rings. The van der Waals surface area contributed by atoms with E-state index in [2.05, 4.69) is 33.0 Å². The van der Waals surface area contributed by atoms with E-state index < -0.39 is 0 Å². The van der Waals surface area contributed by atoms with Crippen LogP contribution >= 0.6 is 0 Å². The Bertz CT molecular complexity index is 176. The summed E-state index contributed by atoms with van der Waals surface area (Å²) in [6.07, 6.45) is 8.35. The van der Waals surface area contributed by atoms with Crippen molar-refractivity contribution < 1.29 is 0 Å². The summed E-state index contributed by atoms with van der Waals surface area (Å²) < 4.78 is 0. The highest BCUT2D eigenvalue weighted by molar-refractivity contribution is 4.85. The first-order valence-electron chi connectivity index (χ1n) is 7.42. The van der Waals surface area contributed by atoms with Crippen LogP contribution < -0.4 is 5.32 Å². The molecule has 1 fully saturated rings. The van der Waals surface area contributed by atoms with E-state index in [9.17, 15) is 0 Å². The highest BCUT2D eigenvalue weighted by Gasteiger charge is 2.30. The second-order valence-electron chi connectivity index (χ2n) is 5.93. The van der Waals surface area contributed by atoms with Crippen LogP contribution in [0.5, 0.6) is 0 Å². The molecule has 1 aliphatic rings. The summed E-state index contributed by atoms with van der Waals surface area (Å²) in [4.78, 5) is 0. The van der Waals surface area contributed by atoms with Crippen LogP contribution in [0.25, 0.3) is 0 Å². The topological polar surface area (TPSA) is 12.0 Å². The highest BCUT2D eigenvalue weighted by atomic mass is 14.9. The molecule has 1 N–H and O–H groups in total.